The number of rotatable bonds is 13. The van der Waals surface area contributed by atoms with Crippen LogP contribution < -0.4 is 0 Å². The topological polar surface area (TPSA) is 9.23 Å². The minimum atomic E-state index is -0.961. The molecule has 180 valence electrons. The summed E-state index contributed by atoms with van der Waals surface area (Å²) < 4.78 is 6.60. The predicted molar refractivity (Wildman–Crippen MR) is 144 cm³/mol. The van der Waals surface area contributed by atoms with E-state index in [0.717, 1.165) is 12.5 Å². The van der Waals surface area contributed by atoms with E-state index in [4.69, 9.17) is 4.18 Å². The van der Waals surface area contributed by atoms with Gasteiger partial charge in [-0.3, -0.25) is 0 Å². The van der Waals surface area contributed by atoms with Crippen molar-refractivity contribution in [3.05, 3.63) is 35.4 Å². The van der Waals surface area contributed by atoms with Crippen molar-refractivity contribution in [2.24, 2.45) is 0 Å². The lowest BCUT2D eigenvalue weighted by molar-refractivity contribution is 0.331. The van der Waals surface area contributed by atoms with E-state index in [-0.39, 0.29) is 0 Å². The van der Waals surface area contributed by atoms with Gasteiger partial charge in [-0.25, -0.2) is 0 Å². The Bertz CT molecular complexity index is 486. The van der Waals surface area contributed by atoms with E-state index in [1.807, 2.05) is 27.7 Å². The Hall–Kier alpha value is -0.470. The normalized spacial score (nSPS) is 12.0. The number of hydrogen-bond donors (Lipinski definition) is 0. The third kappa shape index (κ3) is 11.8. The van der Waals surface area contributed by atoms with Crippen LogP contribution in [0, 0.1) is 0 Å². The maximum atomic E-state index is 6.29. The van der Waals surface area contributed by atoms with Crippen LogP contribution in [0.15, 0.2) is 24.3 Å². The van der Waals surface area contributed by atoms with Gasteiger partial charge in [-0.1, -0.05) is 99.4 Å². The highest BCUT2D eigenvalue weighted by molar-refractivity contribution is 8.29. The van der Waals surface area contributed by atoms with Gasteiger partial charge in [-0.2, -0.15) is 0 Å². The van der Waals surface area contributed by atoms with Crippen molar-refractivity contribution in [2.45, 2.75) is 124 Å². The van der Waals surface area contributed by atoms with Gasteiger partial charge < -0.3 is 4.18 Å². The monoisotopic (exact) mass is 440 g/mol. The summed E-state index contributed by atoms with van der Waals surface area (Å²) in [5.74, 6) is 0.730. The van der Waals surface area contributed by atoms with E-state index in [1.165, 1.54) is 62.5 Å². The molecule has 0 N–H and O–H groups in total. The molecule has 0 unspecified atom stereocenters. The SMILES string of the molecule is CC.CC.CCC(CC)c1ccc(CCCCCCOS(C)(C)C(C)(C)CC)cc1. The molecule has 0 heterocycles. The largest absolute Gasteiger partial charge is 0.337 e. The number of benzene rings is 1. The summed E-state index contributed by atoms with van der Waals surface area (Å²) in [4.78, 5) is 0. The van der Waals surface area contributed by atoms with Crippen molar-refractivity contribution < 1.29 is 4.18 Å². The van der Waals surface area contributed by atoms with Gasteiger partial charge in [0, 0.05) is 4.75 Å². The van der Waals surface area contributed by atoms with Crippen LogP contribution in [0.5, 0.6) is 0 Å². The third-order valence-electron chi connectivity index (χ3n) is 6.36. The van der Waals surface area contributed by atoms with E-state index in [2.05, 4.69) is 71.4 Å². The zero-order valence-electron chi connectivity index (χ0n) is 22.6. The van der Waals surface area contributed by atoms with Crippen LogP contribution in [0.2, 0.25) is 0 Å². The summed E-state index contributed by atoms with van der Waals surface area (Å²) >= 11 is 0. The van der Waals surface area contributed by atoms with E-state index in [0.29, 0.717) is 4.75 Å². The average Bonchev–Trinajstić information content (AvgIpc) is 2.77. The summed E-state index contributed by atoms with van der Waals surface area (Å²) in [6.07, 6.45) is 14.6. The molecule has 1 aromatic carbocycles. The van der Waals surface area contributed by atoms with E-state index in [9.17, 15) is 0 Å². The zero-order valence-corrected chi connectivity index (χ0v) is 23.4. The Labute approximate surface area is 193 Å². The fraction of sp³-hybridized carbons (Fsp3) is 0.786. The van der Waals surface area contributed by atoms with Crippen LogP contribution in [0.1, 0.15) is 124 Å². The Kier molecular flexibility index (Phi) is 19.2. The standard InChI is InChI=1S/C24H44OS.2C2H6/c1-8-22(9-2)23-18-16-21(17-19-23)15-13-11-12-14-20-25-26(6,7)24(4,5)10-3;2*1-2/h16-19,22H,8-15,20H2,1-7H3;2*1-2H3. The van der Waals surface area contributed by atoms with Gasteiger partial charge >= 0.3 is 0 Å². The van der Waals surface area contributed by atoms with Gasteiger partial charge in [0.25, 0.3) is 0 Å². The second-order valence-corrected chi connectivity index (χ2v) is 12.4. The lowest BCUT2D eigenvalue weighted by Crippen LogP contribution is -2.28. The van der Waals surface area contributed by atoms with Crippen LogP contribution in [-0.2, 0) is 10.6 Å². The Morgan fingerprint density at radius 3 is 1.77 bits per heavy atom. The van der Waals surface area contributed by atoms with Crippen molar-refractivity contribution in [3.8, 4) is 0 Å². The predicted octanol–water partition coefficient (Wildman–Crippen LogP) is 9.93. The first-order valence-electron chi connectivity index (χ1n) is 12.7. The molecule has 0 aliphatic carbocycles. The molecule has 0 aliphatic rings. The molecule has 0 spiro atoms. The van der Waals surface area contributed by atoms with Gasteiger partial charge in [0.05, 0.1) is 6.61 Å². The molecule has 1 aromatic rings. The third-order valence-corrected chi connectivity index (χ3v) is 10.1. The van der Waals surface area contributed by atoms with Crippen LogP contribution in [-0.4, -0.2) is 23.9 Å². The van der Waals surface area contributed by atoms with Crippen LogP contribution >= 0.6 is 10.3 Å². The second-order valence-electron chi connectivity index (χ2n) is 8.59. The Morgan fingerprint density at radius 1 is 0.800 bits per heavy atom. The number of unbranched alkanes of at least 4 members (excludes halogenated alkanes) is 3. The van der Waals surface area contributed by atoms with Crippen molar-refractivity contribution >= 4 is 10.3 Å². The number of aryl methyl sites for hydroxylation is 1. The average molecular weight is 441 g/mol. The van der Waals surface area contributed by atoms with Gasteiger partial charge in [0.15, 0.2) is 0 Å². The molecule has 0 bridgehead atoms. The quantitative estimate of drug-likeness (QED) is 0.277. The van der Waals surface area contributed by atoms with Gasteiger partial charge in [-0.15, -0.1) is 10.3 Å². The summed E-state index contributed by atoms with van der Waals surface area (Å²) in [7, 11) is -0.961. The fourth-order valence-electron chi connectivity index (χ4n) is 3.28. The van der Waals surface area contributed by atoms with Crippen molar-refractivity contribution in [3.63, 3.8) is 0 Å². The molecule has 0 radical (unpaired) electrons. The van der Waals surface area contributed by atoms with Gasteiger partial charge in [0.1, 0.15) is 0 Å². The first-order chi connectivity index (χ1) is 14.3. The lowest BCUT2D eigenvalue weighted by atomic mass is 9.93. The Balaban J connectivity index is 0. The van der Waals surface area contributed by atoms with Crippen LogP contribution in [0.4, 0.5) is 0 Å². The molecule has 30 heavy (non-hydrogen) atoms. The smallest absolute Gasteiger partial charge is 0.0592 e. The molecule has 0 aromatic heterocycles. The molecule has 0 saturated carbocycles. The van der Waals surface area contributed by atoms with E-state index in [1.54, 1.807) is 0 Å². The summed E-state index contributed by atoms with van der Waals surface area (Å²) in [6.45, 7) is 20.5. The summed E-state index contributed by atoms with van der Waals surface area (Å²) in [6, 6.07) is 9.38. The van der Waals surface area contributed by atoms with Gasteiger partial charge in [-0.05, 0) is 68.1 Å². The molecule has 0 atom stereocenters. The van der Waals surface area contributed by atoms with Gasteiger partial charge in [0.2, 0.25) is 0 Å². The highest BCUT2D eigenvalue weighted by atomic mass is 32.3. The zero-order chi connectivity index (χ0) is 23.6. The second kappa shape index (κ2) is 18.1. The molecule has 0 amide bonds. The Morgan fingerprint density at radius 2 is 1.30 bits per heavy atom. The molecule has 0 saturated heterocycles. The van der Waals surface area contributed by atoms with Crippen LogP contribution in [0.3, 0.4) is 0 Å². The first kappa shape index (κ1) is 31.7. The summed E-state index contributed by atoms with van der Waals surface area (Å²) in [5.41, 5.74) is 3.00. The maximum Gasteiger partial charge on any atom is 0.0592 e. The minimum absolute atomic E-state index is 0.313. The molecule has 2 heteroatoms. The summed E-state index contributed by atoms with van der Waals surface area (Å²) in [5, 5.41) is 0. The first-order valence-corrected chi connectivity index (χ1v) is 15.1. The molecule has 1 rings (SSSR count). The molecular weight excluding hydrogens is 384 g/mol. The van der Waals surface area contributed by atoms with Crippen molar-refractivity contribution in [1.29, 1.82) is 0 Å². The van der Waals surface area contributed by atoms with Crippen molar-refractivity contribution in [1.82, 2.24) is 0 Å². The molecule has 0 fully saturated rings. The number of hydrogen-bond acceptors (Lipinski definition) is 1. The minimum Gasteiger partial charge on any atom is -0.337 e. The highest BCUT2D eigenvalue weighted by Crippen LogP contribution is 2.55. The van der Waals surface area contributed by atoms with E-state index >= 15 is 0 Å². The molecule has 1 nitrogen and oxygen atoms in total. The molecule has 0 aliphatic heterocycles. The lowest BCUT2D eigenvalue weighted by Gasteiger charge is -2.45. The van der Waals surface area contributed by atoms with E-state index < -0.39 is 10.3 Å². The highest BCUT2D eigenvalue weighted by Gasteiger charge is 2.31. The fourth-order valence-corrected chi connectivity index (χ4v) is 4.82. The van der Waals surface area contributed by atoms with Crippen molar-refractivity contribution in [2.75, 3.05) is 19.1 Å². The van der Waals surface area contributed by atoms with Crippen LogP contribution in [0.25, 0.3) is 0 Å². The molecular formula is C28H56OS. The maximum absolute atomic E-state index is 6.29.